The molecule has 0 spiro atoms. The highest BCUT2D eigenvalue weighted by molar-refractivity contribution is 7.80. The molecule has 1 aromatic heterocycles. The van der Waals surface area contributed by atoms with Crippen LogP contribution in [0, 0.1) is 0 Å². The van der Waals surface area contributed by atoms with Crippen LogP contribution >= 0.6 is 12.2 Å². The first-order valence-corrected chi connectivity index (χ1v) is 12.4. The average molecular weight is 480 g/mol. The summed E-state index contributed by atoms with van der Waals surface area (Å²) in [6.45, 7) is 2.59. The van der Waals surface area contributed by atoms with E-state index in [9.17, 15) is 4.79 Å². The third kappa shape index (κ3) is 5.20. The topological polar surface area (TPSA) is 66.6 Å². The van der Waals surface area contributed by atoms with Crippen LogP contribution in [-0.2, 0) is 13.0 Å². The van der Waals surface area contributed by atoms with Gasteiger partial charge in [0.2, 0.25) is 0 Å². The van der Waals surface area contributed by atoms with E-state index < -0.39 is 0 Å². The minimum Gasteiger partial charge on any atom is -0.493 e. The number of nitrogens with one attached hydrogen (secondary N) is 2. The van der Waals surface area contributed by atoms with Crippen LogP contribution in [0.2, 0.25) is 0 Å². The van der Waals surface area contributed by atoms with Gasteiger partial charge in [0.25, 0.3) is 5.56 Å². The van der Waals surface area contributed by atoms with E-state index >= 15 is 0 Å². The molecule has 1 aliphatic carbocycles. The van der Waals surface area contributed by atoms with Crippen LogP contribution in [0.25, 0.3) is 10.9 Å². The van der Waals surface area contributed by atoms with E-state index in [4.69, 9.17) is 21.7 Å². The summed E-state index contributed by atoms with van der Waals surface area (Å²) < 4.78 is 10.8. The third-order valence-corrected chi connectivity index (χ3v) is 7.02. The summed E-state index contributed by atoms with van der Waals surface area (Å²) in [6.07, 6.45) is 6.69. The number of aromatic amines is 1. The van der Waals surface area contributed by atoms with Crippen LogP contribution in [-0.4, -0.2) is 35.3 Å². The van der Waals surface area contributed by atoms with Crippen molar-refractivity contribution in [1.29, 1.82) is 0 Å². The van der Waals surface area contributed by atoms with E-state index in [2.05, 4.69) is 34.3 Å². The molecular weight excluding hydrogens is 446 g/mol. The van der Waals surface area contributed by atoms with E-state index in [1.54, 1.807) is 20.3 Å². The van der Waals surface area contributed by atoms with Gasteiger partial charge in [-0.1, -0.05) is 44.4 Å². The standard InChI is InChI=1S/C27H33N3O3S/c1-4-18-10-8-9-13-22(18)29-27(34)30(21-11-6-5-7-12-21)17-20-14-19-15-24(32-2)25(33-3)16-23(19)28-26(20)31/h8-10,13-16,21H,4-7,11-12,17H2,1-3H3,(H,28,31)(H,29,34). The Labute approximate surface area is 206 Å². The number of rotatable bonds is 7. The van der Waals surface area contributed by atoms with E-state index in [0.29, 0.717) is 40.3 Å². The van der Waals surface area contributed by atoms with E-state index in [1.165, 1.54) is 24.8 Å². The second kappa shape index (κ2) is 10.9. The van der Waals surface area contributed by atoms with E-state index in [0.717, 1.165) is 30.3 Å². The molecule has 0 saturated heterocycles. The summed E-state index contributed by atoms with van der Waals surface area (Å²) in [7, 11) is 3.20. The Bertz CT molecular complexity index is 1220. The van der Waals surface area contributed by atoms with Crippen molar-refractivity contribution in [3.05, 3.63) is 63.9 Å². The van der Waals surface area contributed by atoms with Gasteiger partial charge in [-0.25, -0.2) is 0 Å². The van der Waals surface area contributed by atoms with Crippen molar-refractivity contribution in [3.63, 3.8) is 0 Å². The quantitative estimate of drug-likeness (QED) is 0.428. The highest BCUT2D eigenvalue weighted by atomic mass is 32.1. The summed E-state index contributed by atoms with van der Waals surface area (Å²) in [6, 6.07) is 14.2. The molecule has 0 aliphatic heterocycles. The molecule has 0 amide bonds. The lowest BCUT2D eigenvalue weighted by molar-refractivity contribution is 0.240. The fourth-order valence-electron chi connectivity index (χ4n) is 4.78. The number of anilines is 1. The predicted molar refractivity (Wildman–Crippen MR) is 142 cm³/mol. The summed E-state index contributed by atoms with van der Waals surface area (Å²) in [5, 5.41) is 5.04. The van der Waals surface area contributed by atoms with E-state index in [1.807, 2.05) is 24.3 Å². The lowest BCUT2D eigenvalue weighted by Gasteiger charge is -2.36. The van der Waals surface area contributed by atoms with Crippen molar-refractivity contribution in [2.45, 2.75) is 58.0 Å². The minimum atomic E-state index is -0.114. The average Bonchev–Trinajstić information content (AvgIpc) is 2.87. The maximum Gasteiger partial charge on any atom is 0.253 e. The number of nitrogens with zero attached hydrogens (tertiary/aromatic N) is 1. The van der Waals surface area contributed by atoms with Gasteiger partial charge in [0, 0.05) is 28.7 Å². The molecule has 6 nitrogen and oxygen atoms in total. The molecule has 0 unspecified atom stereocenters. The SMILES string of the molecule is CCc1ccccc1NC(=S)N(Cc1cc2cc(OC)c(OC)cc2[nH]c1=O)C1CCCCC1. The van der Waals surface area contributed by atoms with Gasteiger partial charge in [0.15, 0.2) is 16.6 Å². The minimum absolute atomic E-state index is 0.114. The van der Waals surface area contributed by atoms with Crippen LogP contribution in [0.4, 0.5) is 5.69 Å². The first-order chi connectivity index (χ1) is 16.5. The second-order valence-corrected chi connectivity index (χ2v) is 9.17. The Kier molecular flexibility index (Phi) is 7.73. The Balaban J connectivity index is 1.67. The lowest BCUT2D eigenvalue weighted by atomic mass is 9.94. The molecule has 1 saturated carbocycles. The molecule has 4 rings (SSSR count). The van der Waals surface area contributed by atoms with Crippen LogP contribution in [0.15, 0.2) is 47.3 Å². The van der Waals surface area contributed by atoms with Gasteiger partial charge in [-0.05, 0) is 55.2 Å². The number of benzene rings is 2. The van der Waals surface area contributed by atoms with Crippen molar-refractivity contribution in [3.8, 4) is 11.5 Å². The summed E-state index contributed by atoms with van der Waals surface area (Å²) >= 11 is 5.92. The first kappa shape index (κ1) is 24.1. The molecule has 0 atom stereocenters. The number of aryl methyl sites for hydroxylation is 1. The van der Waals surface area contributed by atoms with Gasteiger partial charge in [-0.15, -0.1) is 0 Å². The number of pyridine rings is 1. The van der Waals surface area contributed by atoms with Crippen molar-refractivity contribution in [2.75, 3.05) is 19.5 Å². The van der Waals surface area contributed by atoms with Crippen LogP contribution in [0.5, 0.6) is 11.5 Å². The number of methoxy groups -OCH3 is 2. The van der Waals surface area contributed by atoms with Gasteiger partial charge in [-0.3, -0.25) is 4.79 Å². The zero-order chi connectivity index (χ0) is 24.1. The molecule has 34 heavy (non-hydrogen) atoms. The van der Waals surface area contributed by atoms with Gasteiger partial charge < -0.3 is 24.7 Å². The number of hydrogen-bond acceptors (Lipinski definition) is 4. The molecule has 0 bridgehead atoms. The van der Waals surface area contributed by atoms with Gasteiger partial charge in [-0.2, -0.15) is 0 Å². The Hall–Kier alpha value is -3.06. The normalized spacial score (nSPS) is 14.1. The third-order valence-electron chi connectivity index (χ3n) is 6.68. The number of H-pyrrole nitrogens is 1. The fourth-order valence-corrected chi connectivity index (χ4v) is 5.10. The number of fused-ring (bicyclic) bond motifs is 1. The largest absolute Gasteiger partial charge is 0.493 e. The molecule has 2 N–H and O–H groups in total. The predicted octanol–water partition coefficient (Wildman–Crippen LogP) is 5.64. The van der Waals surface area contributed by atoms with Crippen molar-refractivity contribution < 1.29 is 9.47 Å². The first-order valence-electron chi connectivity index (χ1n) is 12.0. The summed E-state index contributed by atoms with van der Waals surface area (Å²) in [4.78, 5) is 18.3. The van der Waals surface area contributed by atoms with Crippen LogP contribution < -0.4 is 20.3 Å². The monoisotopic (exact) mass is 479 g/mol. The highest BCUT2D eigenvalue weighted by Gasteiger charge is 2.25. The Morgan fingerprint density at radius 1 is 1.06 bits per heavy atom. The van der Waals surface area contributed by atoms with Gasteiger partial charge in [0.1, 0.15) is 0 Å². The molecule has 7 heteroatoms. The van der Waals surface area contributed by atoms with Gasteiger partial charge in [0.05, 0.1) is 26.3 Å². The number of para-hydroxylation sites is 1. The molecular formula is C27H33N3O3S. The zero-order valence-electron chi connectivity index (χ0n) is 20.1. The smallest absolute Gasteiger partial charge is 0.253 e. The van der Waals surface area contributed by atoms with E-state index in [-0.39, 0.29) is 5.56 Å². The van der Waals surface area contributed by atoms with Crippen molar-refractivity contribution in [2.24, 2.45) is 0 Å². The van der Waals surface area contributed by atoms with Crippen molar-refractivity contribution in [1.82, 2.24) is 9.88 Å². The molecule has 3 aromatic rings. The Morgan fingerprint density at radius 3 is 2.47 bits per heavy atom. The van der Waals surface area contributed by atoms with Crippen molar-refractivity contribution >= 4 is 33.9 Å². The summed E-state index contributed by atoms with van der Waals surface area (Å²) in [5.74, 6) is 1.22. The Morgan fingerprint density at radius 2 is 1.76 bits per heavy atom. The molecule has 2 aromatic carbocycles. The second-order valence-electron chi connectivity index (χ2n) is 8.78. The fraction of sp³-hybridized carbons (Fsp3) is 0.407. The summed E-state index contributed by atoms with van der Waals surface area (Å²) in [5.41, 5.74) is 3.53. The molecule has 0 radical (unpaired) electrons. The van der Waals surface area contributed by atoms with Crippen LogP contribution in [0.3, 0.4) is 0 Å². The number of hydrogen-bond donors (Lipinski definition) is 2. The van der Waals surface area contributed by atoms with Gasteiger partial charge >= 0.3 is 0 Å². The number of ether oxygens (including phenoxy) is 2. The molecule has 1 fully saturated rings. The number of aromatic nitrogens is 1. The molecule has 180 valence electrons. The highest BCUT2D eigenvalue weighted by Crippen LogP contribution is 2.31. The van der Waals surface area contributed by atoms with Crippen LogP contribution in [0.1, 0.15) is 50.2 Å². The molecule has 1 heterocycles. The molecule has 1 aliphatic rings. The maximum absolute atomic E-state index is 13.1. The zero-order valence-corrected chi connectivity index (χ0v) is 21.0. The number of thiocarbonyl (C=S) groups is 1. The maximum atomic E-state index is 13.1. The lowest BCUT2D eigenvalue weighted by Crippen LogP contribution is -2.44.